The first-order chi connectivity index (χ1) is 7.87. The van der Waals surface area contributed by atoms with Gasteiger partial charge in [-0.2, -0.15) is 0 Å². The van der Waals surface area contributed by atoms with Crippen LogP contribution in [0.2, 0.25) is 0 Å². The molecule has 3 rings (SSSR count). The van der Waals surface area contributed by atoms with Gasteiger partial charge in [-0.25, -0.2) is 0 Å². The minimum atomic E-state index is -0.692. The largest absolute Gasteiger partial charge is 0.393 e. The Labute approximate surface area is 104 Å². The lowest BCUT2D eigenvalue weighted by atomic mass is 9.51. The van der Waals surface area contributed by atoms with E-state index in [0.717, 1.165) is 19.3 Å². The van der Waals surface area contributed by atoms with Gasteiger partial charge in [0.15, 0.2) is 0 Å². The Hall–Kier alpha value is -0.340. The van der Waals surface area contributed by atoms with E-state index in [2.05, 4.69) is 19.9 Å². The molecule has 96 valence electrons. The van der Waals surface area contributed by atoms with E-state index in [9.17, 15) is 10.2 Å². The standard InChI is InChI=1S/C15H24O2/c1-9-4-5-15-8-11(9)7-14(3,17)13(15)12(16)6-10(15)2/h4,10-13,16-17H,5-8H2,1-3H3/t10-,11?,12+,13+,14+,15+/m0/s1. The molecule has 3 aliphatic carbocycles. The lowest BCUT2D eigenvalue weighted by Crippen LogP contribution is -2.55. The summed E-state index contributed by atoms with van der Waals surface area (Å²) in [5.41, 5.74) is 0.913. The number of hydrogen-bond acceptors (Lipinski definition) is 2. The Morgan fingerprint density at radius 3 is 2.76 bits per heavy atom. The van der Waals surface area contributed by atoms with Crippen LogP contribution in [0.1, 0.15) is 46.5 Å². The number of aliphatic hydroxyl groups is 2. The van der Waals surface area contributed by atoms with Crippen LogP contribution in [0.5, 0.6) is 0 Å². The zero-order valence-electron chi connectivity index (χ0n) is 11.1. The molecule has 2 saturated carbocycles. The molecule has 0 aromatic rings. The molecule has 2 N–H and O–H groups in total. The van der Waals surface area contributed by atoms with Crippen molar-refractivity contribution >= 4 is 0 Å². The molecule has 1 unspecified atom stereocenters. The average molecular weight is 236 g/mol. The van der Waals surface area contributed by atoms with Gasteiger partial charge in [-0.1, -0.05) is 18.6 Å². The quantitative estimate of drug-likeness (QED) is 0.634. The van der Waals surface area contributed by atoms with Gasteiger partial charge in [0, 0.05) is 5.92 Å². The normalized spacial score (nSPS) is 57.6. The van der Waals surface area contributed by atoms with Crippen LogP contribution >= 0.6 is 0 Å². The van der Waals surface area contributed by atoms with Gasteiger partial charge in [0.1, 0.15) is 0 Å². The number of aliphatic hydroxyl groups excluding tert-OH is 1. The lowest BCUT2D eigenvalue weighted by Gasteiger charge is -2.55. The van der Waals surface area contributed by atoms with E-state index in [0.29, 0.717) is 11.8 Å². The van der Waals surface area contributed by atoms with E-state index in [4.69, 9.17) is 0 Å². The van der Waals surface area contributed by atoms with Gasteiger partial charge in [-0.05, 0) is 56.8 Å². The molecule has 1 spiro atoms. The van der Waals surface area contributed by atoms with Crippen LogP contribution in [0.4, 0.5) is 0 Å². The van der Waals surface area contributed by atoms with Crippen molar-refractivity contribution in [2.24, 2.45) is 23.2 Å². The summed E-state index contributed by atoms with van der Waals surface area (Å²) < 4.78 is 0. The van der Waals surface area contributed by atoms with E-state index < -0.39 is 5.60 Å². The summed E-state index contributed by atoms with van der Waals surface area (Å²) in [5, 5.41) is 21.1. The zero-order chi connectivity index (χ0) is 12.4. The van der Waals surface area contributed by atoms with Gasteiger partial charge in [-0.15, -0.1) is 0 Å². The van der Waals surface area contributed by atoms with E-state index in [1.54, 1.807) is 0 Å². The first kappa shape index (κ1) is 11.7. The second-order valence-electron chi connectivity index (χ2n) is 7.03. The Bertz CT molecular complexity index is 371. The SMILES string of the molecule is CC1=CC[C@]23CC1C[C@@](C)(O)[C@H]2[C@H](O)C[C@@H]3C. The second-order valence-corrected chi connectivity index (χ2v) is 7.03. The van der Waals surface area contributed by atoms with Gasteiger partial charge < -0.3 is 10.2 Å². The third-order valence-corrected chi connectivity index (χ3v) is 5.98. The van der Waals surface area contributed by atoms with Crippen LogP contribution in [0, 0.1) is 23.2 Å². The first-order valence-electron chi connectivity index (χ1n) is 6.94. The summed E-state index contributed by atoms with van der Waals surface area (Å²) in [6, 6.07) is 0. The van der Waals surface area contributed by atoms with Crippen molar-refractivity contribution in [1.29, 1.82) is 0 Å². The monoisotopic (exact) mass is 236 g/mol. The molecule has 2 heteroatoms. The Kier molecular flexibility index (Phi) is 2.32. The number of allylic oxidation sites excluding steroid dienone is 2. The van der Waals surface area contributed by atoms with Crippen LogP contribution in [-0.4, -0.2) is 21.9 Å². The molecule has 2 nitrogen and oxygen atoms in total. The van der Waals surface area contributed by atoms with Crippen molar-refractivity contribution in [3.05, 3.63) is 11.6 Å². The number of rotatable bonds is 0. The zero-order valence-corrected chi connectivity index (χ0v) is 11.1. The minimum absolute atomic E-state index is 0.0746. The predicted octanol–water partition coefficient (Wildman–Crippen LogP) is 2.50. The van der Waals surface area contributed by atoms with Crippen molar-refractivity contribution < 1.29 is 10.2 Å². The van der Waals surface area contributed by atoms with Crippen LogP contribution in [0.3, 0.4) is 0 Å². The van der Waals surface area contributed by atoms with Crippen molar-refractivity contribution in [3.63, 3.8) is 0 Å². The summed E-state index contributed by atoms with van der Waals surface area (Å²) in [6.45, 7) is 6.40. The molecular formula is C15H24O2. The average Bonchev–Trinajstić information content (AvgIpc) is 2.45. The Morgan fingerprint density at radius 1 is 1.35 bits per heavy atom. The summed E-state index contributed by atoms with van der Waals surface area (Å²) in [7, 11) is 0. The van der Waals surface area contributed by atoms with Crippen LogP contribution < -0.4 is 0 Å². The summed E-state index contributed by atoms with van der Waals surface area (Å²) in [6.07, 6.45) is 5.97. The van der Waals surface area contributed by atoms with Gasteiger partial charge in [0.2, 0.25) is 0 Å². The molecule has 2 fully saturated rings. The maximum Gasteiger partial charge on any atom is 0.0683 e. The van der Waals surface area contributed by atoms with Crippen molar-refractivity contribution in [3.8, 4) is 0 Å². The highest BCUT2D eigenvalue weighted by Gasteiger charge is 2.62. The molecule has 0 aliphatic heterocycles. The van der Waals surface area contributed by atoms with E-state index in [1.807, 2.05) is 6.92 Å². The topological polar surface area (TPSA) is 40.5 Å². The van der Waals surface area contributed by atoms with Crippen LogP contribution in [0.25, 0.3) is 0 Å². The molecular weight excluding hydrogens is 212 g/mol. The van der Waals surface area contributed by atoms with E-state index in [-0.39, 0.29) is 17.4 Å². The molecule has 3 aliphatic rings. The fourth-order valence-electron chi connectivity index (χ4n) is 5.19. The Balaban J connectivity index is 2.09. The lowest BCUT2D eigenvalue weighted by molar-refractivity contribution is -0.142. The number of hydrogen-bond donors (Lipinski definition) is 2. The highest BCUT2D eigenvalue weighted by atomic mass is 16.3. The fourth-order valence-corrected chi connectivity index (χ4v) is 5.19. The number of fused-ring (bicyclic) bond motifs is 1. The minimum Gasteiger partial charge on any atom is -0.393 e. The van der Waals surface area contributed by atoms with Crippen LogP contribution in [0.15, 0.2) is 11.6 Å². The molecule has 2 bridgehead atoms. The van der Waals surface area contributed by atoms with Crippen molar-refractivity contribution in [1.82, 2.24) is 0 Å². The Morgan fingerprint density at radius 2 is 2.06 bits per heavy atom. The maximum atomic E-state index is 10.8. The molecule has 0 radical (unpaired) electrons. The van der Waals surface area contributed by atoms with Gasteiger partial charge >= 0.3 is 0 Å². The first-order valence-corrected chi connectivity index (χ1v) is 6.94. The third kappa shape index (κ3) is 1.40. The molecule has 6 atom stereocenters. The molecule has 0 aromatic carbocycles. The summed E-state index contributed by atoms with van der Waals surface area (Å²) in [5.74, 6) is 1.13. The predicted molar refractivity (Wildman–Crippen MR) is 67.4 cm³/mol. The highest BCUT2D eigenvalue weighted by Crippen LogP contribution is 2.64. The fraction of sp³-hybridized carbons (Fsp3) is 0.867. The van der Waals surface area contributed by atoms with Crippen molar-refractivity contribution in [2.45, 2.75) is 58.2 Å². The van der Waals surface area contributed by atoms with Gasteiger partial charge in [-0.3, -0.25) is 0 Å². The van der Waals surface area contributed by atoms with E-state index >= 15 is 0 Å². The molecule has 0 saturated heterocycles. The smallest absolute Gasteiger partial charge is 0.0683 e. The maximum absolute atomic E-state index is 10.8. The molecule has 0 heterocycles. The molecule has 0 amide bonds. The van der Waals surface area contributed by atoms with Gasteiger partial charge in [0.25, 0.3) is 0 Å². The summed E-state index contributed by atoms with van der Waals surface area (Å²) in [4.78, 5) is 0. The molecule has 0 aromatic heterocycles. The van der Waals surface area contributed by atoms with Crippen molar-refractivity contribution in [2.75, 3.05) is 0 Å². The molecule has 17 heavy (non-hydrogen) atoms. The van der Waals surface area contributed by atoms with E-state index in [1.165, 1.54) is 12.0 Å². The van der Waals surface area contributed by atoms with Gasteiger partial charge in [0.05, 0.1) is 11.7 Å². The summed E-state index contributed by atoms with van der Waals surface area (Å²) >= 11 is 0. The van der Waals surface area contributed by atoms with Crippen LogP contribution in [-0.2, 0) is 0 Å². The third-order valence-electron chi connectivity index (χ3n) is 5.98. The highest BCUT2D eigenvalue weighted by molar-refractivity contribution is 5.23. The second kappa shape index (κ2) is 3.36.